The Labute approximate surface area is 210 Å². The minimum absolute atomic E-state index is 0.0507. The molecule has 2 aromatic rings. The van der Waals surface area contributed by atoms with Crippen LogP contribution in [0, 0.1) is 6.92 Å². The van der Waals surface area contributed by atoms with E-state index in [1.165, 1.54) is 11.1 Å². The van der Waals surface area contributed by atoms with Crippen LogP contribution in [-0.2, 0) is 16.1 Å². The number of aromatic nitrogens is 2. The third-order valence-electron chi connectivity index (χ3n) is 5.67. The molecule has 9 nitrogen and oxygen atoms in total. The molecule has 0 aliphatic carbocycles. The smallest absolute Gasteiger partial charge is 0.410 e. The molecule has 0 unspecified atom stereocenters. The quantitative estimate of drug-likeness (QED) is 0.627. The molecule has 1 N–H and O–H groups in total. The summed E-state index contributed by atoms with van der Waals surface area (Å²) in [6, 6.07) is 6.99. The summed E-state index contributed by atoms with van der Waals surface area (Å²) in [6.45, 7) is 7.86. The molecular formula is C25H31ClN4O5. The molecule has 10 heteroatoms. The van der Waals surface area contributed by atoms with Crippen LogP contribution in [0.25, 0.3) is 0 Å². The number of piperidine rings is 1. The molecule has 2 heterocycles. The number of halogens is 1. The molecule has 1 aromatic heterocycles. The van der Waals surface area contributed by atoms with Crippen LogP contribution in [-0.4, -0.2) is 68.1 Å². The van der Waals surface area contributed by atoms with Crippen LogP contribution in [0.15, 0.2) is 30.5 Å². The second-order valence-corrected chi connectivity index (χ2v) is 10.0. The molecule has 188 valence electrons. The van der Waals surface area contributed by atoms with Crippen molar-refractivity contribution < 1.29 is 24.2 Å². The molecular weight excluding hydrogens is 472 g/mol. The number of likely N-dealkylation sites (tertiary alicyclic amines) is 1. The number of aliphatic carboxylic acids is 1. The first-order valence-electron chi connectivity index (χ1n) is 11.5. The van der Waals surface area contributed by atoms with E-state index >= 15 is 0 Å². The highest BCUT2D eigenvalue weighted by Crippen LogP contribution is 2.27. The SMILES string of the molecule is Cc1nc(C2CCN(C(=O)OC(C)(C)C)CC2)ncc1C(=O)N(CC(=O)O)Cc1ccccc1Cl. The Hall–Kier alpha value is -3.20. The summed E-state index contributed by atoms with van der Waals surface area (Å²) in [7, 11) is 0. The molecule has 0 radical (unpaired) electrons. The molecule has 2 amide bonds. The van der Waals surface area contributed by atoms with Gasteiger partial charge in [0.05, 0.1) is 11.3 Å². The van der Waals surface area contributed by atoms with E-state index in [-0.39, 0.29) is 24.1 Å². The standard InChI is InChI=1S/C25H31ClN4O5/c1-16-19(23(33)30(15-21(31)32)14-18-7-5-6-8-20(18)26)13-27-22(28-16)17-9-11-29(12-10-17)24(34)35-25(2,3)4/h5-8,13,17H,9-12,14-15H2,1-4H3,(H,31,32). The maximum Gasteiger partial charge on any atom is 0.410 e. The van der Waals surface area contributed by atoms with E-state index in [0.29, 0.717) is 48.0 Å². The average molecular weight is 503 g/mol. The maximum atomic E-state index is 13.2. The van der Waals surface area contributed by atoms with E-state index in [9.17, 15) is 19.5 Å². The number of benzene rings is 1. The van der Waals surface area contributed by atoms with Gasteiger partial charge in [-0.1, -0.05) is 29.8 Å². The maximum absolute atomic E-state index is 13.2. The predicted octanol–water partition coefficient (Wildman–Crippen LogP) is 4.28. The summed E-state index contributed by atoms with van der Waals surface area (Å²) >= 11 is 6.21. The van der Waals surface area contributed by atoms with Crippen LogP contribution in [0.4, 0.5) is 4.79 Å². The van der Waals surface area contributed by atoms with Crippen molar-refractivity contribution in [2.75, 3.05) is 19.6 Å². The Bertz CT molecular complexity index is 1090. The number of amides is 2. The first-order valence-corrected chi connectivity index (χ1v) is 11.9. The summed E-state index contributed by atoms with van der Waals surface area (Å²) in [4.78, 5) is 48.8. The topological polar surface area (TPSA) is 113 Å². The van der Waals surface area contributed by atoms with Crippen LogP contribution >= 0.6 is 11.6 Å². The molecule has 3 rings (SSSR count). The van der Waals surface area contributed by atoms with Gasteiger partial charge in [0.2, 0.25) is 0 Å². The number of carboxylic acid groups (broad SMARTS) is 1. The molecule has 1 fully saturated rings. The van der Waals surface area contributed by atoms with Gasteiger partial charge in [0.1, 0.15) is 18.0 Å². The fourth-order valence-electron chi connectivity index (χ4n) is 3.90. The van der Waals surface area contributed by atoms with Gasteiger partial charge >= 0.3 is 12.1 Å². The third kappa shape index (κ3) is 7.14. The van der Waals surface area contributed by atoms with Crippen molar-refractivity contribution in [3.05, 3.63) is 58.1 Å². The van der Waals surface area contributed by atoms with Crippen LogP contribution < -0.4 is 0 Å². The second kappa shape index (κ2) is 11.0. The van der Waals surface area contributed by atoms with Crippen molar-refractivity contribution in [3.63, 3.8) is 0 Å². The number of carbonyl (C=O) groups excluding carboxylic acids is 2. The van der Waals surface area contributed by atoms with Gasteiger partial charge in [-0.3, -0.25) is 9.59 Å². The van der Waals surface area contributed by atoms with Crippen molar-refractivity contribution in [3.8, 4) is 0 Å². The fourth-order valence-corrected chi connectivity index (χ4v) is 4.10. The van der Waals surface area contributed by atoms with E-state index in [0.717, 1.165) is 0 Å². The number of aryl methyl sites for hydroxylation is 1. The summed E-state index contributed by atoms with van der Waals surface area (Å²) in [5.74, 6) is -0.943. The van der Waals surface area contributed by atoms with Gasteiger partial charge in [0.25, 0.3) is 5.91 Å². The second-order valence-electron chi connectivity index (χ2n) is 9.62. The van der Waals surface area contributed by atoms with Crippen molar-refractivity contribution in [1.82, 2.24) is 19.8 Å². The Morgan fingerprint density at radius 2 is 1.86 bits per heavy atom. The van der Waals surface area contributed by atoms with Crippen molar-refractivity contribution in [2.24, 2.45) is 0 Å². The van der Waals surface area contributed by atoms with Gasteiger partial charge in [0, 0.05) is 36.8 Å². The number of hydrogen-bond acceptors (Lipinski definition) is 6. The molecule has 35 heavy (non-hydrogen) atoms. The Morgan fingerprint density at radius 3 is 2.43 bits per heavy atom. The van der Waals surface area contributed by atoms with Gasteiger partial charge in [-0.05, 0) is 52.2 Å². The van der Waals surface area contributed by atoms with Gasteiger partial charge < -0.3 is 19.6 Å². The molecule has 0 atom stereocenters. The van der Waals surface area contributed by atoms with Crippen LogP contribution in [0.2, 0.25) is 5.02 Å². The number of hydrogen-bond donors (Lipinski definition) is 1. The van der Waals surface area contributed by atoms with E-state index in [2.05, 4.69) is 9.97 Å². The Morgan fingerprint density at radius 1 is 1.20 bits per heavy atom. The predicted molar refractivity (Wildman–Crippen MR) is 130 cm³/mol. The van der Waals surface area contributed by atoms with E-state index in [4.69, 9.17) is 16.3 Å². The molecule has 0 bridgehead atoms. The van der Waals surface area contributed by atoms with Gasteiger partial charge in [-0.25, -0.2) is 14.8 Å². The highest BCUT2D eigenvalue weighted by molar-refractivity contribution is 6.31. The number of ether oxygens (including phenoxy) is 1. The zero-order valence-corrected chi connectivity index (χ0v) is 21.2. The third-order valence-corrected chi connectivity index (χ3v) is 6.04. The first kappa shape index (κ1) is 26.4. The normalized spacial score (nSPS) is 14.5. The molecule has 0 saturated carbocycles. The molecule has 1 aliphatic heterocycles. The lowest BCUT2D eigenvalue weighted by atomic mass is 9.96. The Kier molecular flexibility index (Phi) is 8.32. The zero-order valence-electron chi connectivity index (χ0n) is 20.5. The molecule has 1 saturated heterocycles. The minimum Gasteiger partial charge on any atom is -0.480 e. The van der Waals surface area contributed by atoms with Gasteiger partial charge in [-0.2, -0.15) is 0 Å². The number of carbonyl (C=O) groups is 3. The minimum atomic E-state index is -1.13. The fraction of sp³-hybridized carbons (Fsp3) is 0.480. The van der Waals surface area contributed by atoms with Crippen molar-refractivity contribution in [2.45, 2.75) is 58.6 Å². The van der Waals surface area contributed by atoms with Crippen LogP contribution in [0.5, 0.6) is 0 Å². The summed E-state index contributed by atoms with van der Waals surface area (Å²) in [5, 5.41) is 9.79. The summed E-state index contributed by atoms with van der Waals surface area (Å²) in [5.41, 5.74) is 0.824. The Balaban J connectivity index is 1.70. The van der Waals surface area contributed by atoms with E-state index < -0.39 is 24.0 Å². The molecule has 1 aliphatic rings. The summed E-state index contributed by atoms with van der Waals surface area (Å²) in [6.07, 6.45) is 2.50. The van der Waals surface area contributed by atoms with Gasteiger partial charge in [0.15, 0.2) is 0 Å². The summed E-state index contributed by atoms with van der Waals surface area (Å²) < 4.78 is 5.44. The number of rotatable bonds is 6. The van der Waals surface area contributed by atoms with Crippen molar-refractivity contribution >= 4 is 29.6 Å². The molecule has 0 spiro atoms. The zero-order chi connectivity index (χ0) is 25.8. The molecule has 1 aromatic carbocycles. The van der Waals surface area contributed by atoms with Gasteiger partial charge in [-0.15, -0.1) is 0 Å². The largest absolute Gasteiger partial charge is 0.480 e. The first-order chi connectivity index (χ1) is 16.4. The lowest BCUT2D eigenvalue weighted by molar-refractivity contribution is -0.137. The highest BCUT2D eigenvalue weighted by Gasteiger charge is 2.29. The van der Waals surface area contributed by atoms with Crippen molar-refractivity contribution in [1.29, 1.82) is 0 Å². The van der Waals surface area contributed by atoms with Crippen LogP contribution in [0.1, 0.15) is 67.0 Å². The number of nitrogens with zero attached hydrogens (tertiary/aromatic N) is 4. The van der Waals surface area contributed by atoms with Crippen LogP contribution in [0.3, 0.4) is 0 Å². The lowest BCUT2D eigenvalue weighted by Crippen LogP contribution is -2.41. The number of carboxylic acids is 1. The van der Waals surface area contributed by atoms with E-state index in [1.54, 1.807) is 36.1 Å². The monoisotopic (exact) mass is 502 g/mol. The highest BCUT2D eigenvalue weighted by atomic mass is 35.5. The lowest BCUT2D eigenvalue weighted by Gasteiger charge is -2.33. The average Bonchev–Trinajstić information content (AvgIpc) is 2.78. The van der Waals surface area contributed by atoms with E-state index in [1.807, 2.05) is 20.8 Å².